The summed E-state index contributed by atoms with van der Waals surface area (Å²) < 4.78 is 111. The quantitative estimate of drug-likeness (QED) is 0.192. The predicted molar refractivity (Wildman–Crippen MR) is 141 cm³/mol. The summed E-state index contributed by atoms with van der Waals surface area (Å²) in [4.78, 5) is -0.626. The van der Waals surface area contributed by atoms with Crippen LogP contribution in [0, 0.1) is 5.82 Å². The first kappa shape index (κ1) is 29.1. The summed E-state index contributed by atoms with van der Waals surface area (Å²) in [6.07, 6.45) is -3.47. The summed E-state index contributed by atoms with van der Waals surface area (Å²) in [6, 6.07) is 12.2. The third-order valence-corrected chi connectivity index (χ3v) is 8.71. The van der Waals surface area contributed by atoms with Gasteiger partial charge in [0.05, 0.1) is 40.1 Å². The van der Waals surface area contributed by atoms with E-state index in [1.165, 1.54) is 24.3 Å². The van der Waals surface area contributed by atoms with Gasteiger partial charge < -0.3 is 0 Å². The molecule has 39 heavy (non-hydrogen) atoms. The summed E-state index contributed by atoms with van der Waals surface area (Å²) in [5, 5.41) is 0.177. The number of rotatable bonds is 6. The largest absolute Gasteiger partial charge is 0.416 e. The fraction of sp³-hybridized carbons (Fsp3) is 0.231. The normalized spacial score (nSPS) is 16.7. The highest BCUT2D eigenvalue weighted by Crippen LogP contribution is 2.37. The number of halogens is 5. The van der Waals surface area contributed by atoms with E-state index in [1.807, 2.05) is 0 Å². The molecule has 0 saturated carbocycles. The molecule has 0 aromatic heterocycles. The lowest BCUT2D eigenvalue weighted by atomic mass is 9.97. The summed E-state index contributed by atoms with van der Waals surface area (Å²) in [5.74, 6) is -0.552. The first-order valence-corrected chi connectivity index (χ1v) is 15.0. The summed E-state index contributed by atoms with van der Waals surface area (Å²) in [5.41, 5.74) is 0.425. The van der Waals surface area contributed by atoms with Gasteiger partial charge in [-0.05, 0) is 60.0 Å². The number of nitrogens with zero attached hydrogens (tertiary/aromatic N) is 1. The topological polar surface area (TPSA) is 80.8 Å². The SMILES string of the molecule is CC(=Cc1ccc2c(c1)N(S(=O)(=O)c1cccc(C(F)(F)F)c1)C[C@@H](OS(C)(=O)=O)C2)c1c(F)cccc1Cl. The molecule has 0 radical (unpaired) electrons. The van der Waals surface area contributed by atoms with Crippen LogP contribution in [0.1, 0.15) is 29.2 Å². The Labute approximate surface area is 228 Å². The molecular formula is C26H22ClF4NO5S2. The van der Waals surface area contributed by atoms with E-state index in [4.69, 9.17) is 15.8 Å². The molecule has 0 bridgehead atoms. The first-order valence-electron chi connectivity index (χ1n) is 11.4. The molecule has 0 fully saturated rings. The Hall–Kier alpha value is -2.93. The van der Waals surface area contributed by atoms with Crippen molar-refractivity contribution in [3.63, 3.8) is 0 Å². The maximum absolute atomic E-state index is 14.4. The van der Waals surface area contributed by atoms with Gasteiger partial charge >= 0.3 is 6.18 Å². The van der Waals surface area contributed by atoms with Crippen LogP contribution in [0.15, 0.2) is 65.6 Å². The number of allylic oxidation sites excluding steroid dienone is 1. The second-order valence-electron chi connectivity index (χ2n) is 9.00. The Morgan fingerprint density at radius 2 is 1.74 bits per heavy atom. The van der Waals surface area contributed by atoms with Gasteiger partial charge in [0.2, 0.25) is 0 Å². The average Bonchev–Trinajstić information content (AvgIpc) is 2.82. The van der Waals surface area contributed by atoms with Crippen LogP contribution in [0.2, 0.25) is 5.02 Å². The average molecular weight is 604 g/mol. The van der Waals surface area contributed by atoms with Gasteiger partial charge in [0.15, 0.2) is 0 Å². The van der Waals surface area contributed by atoms with Crippen molar-refractivity contribution in [3.8, 4) is 0 Å². The fourth-order valence-electron chi connectivity index (χ4n) is 4.36. The lowest BCUT2D eigenvalue weighted by Gasteiger charge is -2.35. The zero-order valence-corrected chi connectivity index (χ0v) is 22.9. The number of anilines is 1. The molecule has 1 atom stereocenters. The molecule has 6 nitrogen and oxygen atoms in total. The third kappa shape index (κ3) is 6.46. The monoisotopic (exact) mass is 603 g/mol. The van der Waals surface area contributed by atoms with Crippen molar-refractivity contribution in [2.75, 3.05) is 17.1 Å². The van der Waals surface area contributed by atoms with Crippen LogP contribution in [-0.2, 0) is 36.9 Å². The Kier molecular flexibility index (Phi) is 7.87. The lowest BCUT2D eigenvalue weighted by molar-refractivity contribution is -0.137. The Morgan fingerprint density at radius 3 is 2.38 bits per heavy atom. The van der Waals surface area contributed by atoms with Gasteiger partial charge in [0, 0.05) is 12.0 Å². The van der Waals surface area contributed by atoms with Crippen molar-refractivity contribution in [1.29, 1.82) is 0 Å². The highest BCUT2D eigenvalue weighted by Gasteiger charge is 2.37. The molecule has 1 aliphatic rings. The van der Waals surface area contributed by atoms with E-state index in [0.29, 0.717) is 22.8 Å². The first-order chi connectivity index (χ1) is 18.1. The summed E-state index contributed by atoms with van der Waals surface area (Å²) >= 11 is 6.16. The molecule has 1 aliphatic heterocycles. The van der Waals surface area contributed by atoms with Crippen LogP contribution in [0.4, 0.5) is 23.2 Å². The molecule has 0 amide bonds. The van der Waals surface area contributed by atoms with Crippen LogP contribution in [0.25, 0.3) is 11.6 Å². The highest BCUT2D eigenvalue weighted by molar-refractivity contribution is 7.92. The van der Waals surface area contributed by atoms with Gasteiger partial charge in [0.1, 0.15) is 5.82 Å². The molecule has 0 saturated heterocycles. The molecule has 0 spiro atoms. The fourth-order valence-corrected chi connectivity index (χ4v) is 6.87. The highest BCUT2D eigenvalue weighted by atomic mass is 35.5. The van der Waals surface area contributed by atoms with Gasteiger partial charge in [0.25, 0.3) is 20.1 Å². The molecule has 13 heteroatoms. The molecule has 3 aromatic rings. The zero-order chi connectivity index (χ0) is 28.8. The maximum Gasteiger partial charge on any atom is 0.416 e. The van der Waals surface area contributed by atoms with E-state index in [9.17, 15) is 34.4 Å². The number of alkyl halides is 3. The van der Waals surface area contributed by atoms with E-state index in [-0.39, 0.29) is 22.7 Å². The predicted octanol–water partition coefficient (Wildman–Crippen LogP) is 6.15. The van der Waals surface area contributed by atoms with Crippen molar-refractivity contribution in [3.05, 3.63) is 93.8 Å². The maximum atomic E-state index is 14.4. The van der Waals surface area contributed by atoms with Crippen LogP contribution < -0.4 is 4.31 Å². The van der Waals surface area contributed by atoms with Gasteiger partial charge in [-0.3, -0.25) is 8.49 Å². The molecule has 3 aromatic carbocycles. The van der Waals surface area contributed by atoms with Gasteiger partial charge in [-0.2, -0.15) is 21.6 Å². The molecular weight excluding hydrogens is 582 g/mol. The molecule has 4 rings (SSSR count). The van der Waals surface area contributed by atoms with E-state index < -0.39 is 55.2 Å². The van der Waals surface area contributed by atoms with Crippen LogP contribution in [0.5, 0.6) is 0 Å². The summed E-state index contributed by atoms with van der Waals surface area (Å²) in [7, 11) is -8.58. The van der Waals surface area contributed by atoms with Crippen molar-refractivity contribution in [1.82, 2.24) is 0 Å². The minimum absolute atomic E-state index is 0.0269. The van der Waals surface area contributed by atoms with Crippen LogP contribution in [-0.4, -0.2) is 35.7 Å². The Morgan fingerprint density at radius 1 is 1.05 bits per heavy atom. The molecule has 0 aliphatic carbocycles. The smallest absolute Gasteiger partial charge is 0.265 e. The van der Waals surface area contributed by atoms with Crippen molar-refractivity contribution in [2.45, 2.75) is 30.5 Å². The number of sulfonamides is 1. The number of hydrogen-bond donors (Lipinski definition) is 0. The second kappa shape index (κ2) is 10.6. The van der Waals surface area contributed by atoms with Crippen molar-refractivity contribution in [2.24, 2.45) is 0 Å². The van der Waals surface area contributed by atoms with Crippen molar-refractivity contribution < 1.29 is 38.6 Å². The molecule has 0 N–H and O–H groups in total. The van der Waals surface area contributed by atoms with E-state index in [2.05, 4.69) is 0 Å². The van der Waals surface area contributed by atoms with Gasteiger partial charge in [-0.15, -0.1) is 0 Å². The van der Waals surface area contributed by atoms with Crippen molar-refractivity contribution >= 4 is 49.1 Å². The van der Waals surface area contributed by atoms with E-state index >= 15 is 0 Å². The zero-order valence-electron chi connectivity index (χ0n) is 20.5. The van der Waals surface area contributed by atoms with Gasteiger partial charge in [-0.25, -0.2) is 12.8 Å². The van der Waals surface area contributed by atoms with E-state index in [1.54, 1.807) is 25.1 Å². The molecule has 208 valence electrons. The number of benzene rings is 3. The van der Waals surface area contributed by atoms with Gasteiger partial charge in [-0.1, -0.05) is 41.9 Å². The molecule has 1 heterocycles. The summed E-state index contributed by atoms with van der Waals surface area (Å²) in [6.45, 7) is 1.15. The Bertz CT molecular complexity index is 1650. The second-order valence-corrected chi connectivity index (χ2v) is 12.9. The standard InChI is InChI=1S/C26H22ClF4NO5S2/c1-16(25-22(27)7-4-8-23(25)28)11-17-9-10-18-13-20(37-38(2,33)34)15-32(24(18)12-17)39(35,36)21-6-3-5-19(14-21)26(29,30)31/h3-12,14,20H,13,15H2,1-2H3/t20-/m0/s1. The van der Waals surface area contributed by atoms with Crippen LogP contribution in [0.3, 0.4) is 0 Å². The number of hydrogen-bond acceptors (Lipinski definition) is 5. The minimum atomic E-state index is -4.78. The lowest BCUT2D eigenvalue weighted by Crippen LogP contribution is -2.44. The molecule has 0 unspecified atom stereocenters. The third-order valence-electron chi connectivity index (χ3n) is 6.00. The van der Waals surface area contributed by atoms with E-state index in [0.717, 1.165) is 28.8 Å². The Balaban J connectivity index is 1.83. The number of fused-ring (bicyclic) bond motifs is 1. The van der Waals surface area contributed by atoms with Crippen LogP contribution >= 0.6 is 11.6 Å². The minimum Gasteiger partial charge on any atom is -0.265 e.